The molecule has 1 aliphatic rings. The first-order chi connectivity index (χ1) is 10.7. The minimum absolute atomic E-state index is 0.0786. The minimum atomic E-state index is -0.309. The third kappa shape index (κ3) is 3.35. The minimum Gasteiger partial charge on any atom is -0.394 e. The summed E-state index contributed by atoms with van der Waals surface area (Å²) in [5.41, 5.74) is 1.79. The molecular weight excluding hydrogens is 282 g/mol. The summed E-state index contributed by atoms with van der Waals surface area (Å²) in [6, 6.07) is 7.99. The summed E-state index contributed by atoms with van der Waals surface area (Å²) in [6.45, 7) is 3.87. The summed E-state index contributed by atoms with van der Waals surface area (Å²) in [5, 5.41) is 17.0. The van der Waals surface area contributed by atoms with E-state index in [4.69, 9.17) is 9.26 Å². The molecule has 0 radical (unpaired) electrons. The predicted molar refractivity (Wildman–Crippen MR) is 81.2 cm³/mol. The largest absolute Gasteiger partial charge is 0.394 e. The van der Waals surface area contributed by atoms with Crippen LogP contribution >= 0.6 is 0 Å². The smallest absolute Gasteiger partial charge is 0.240 e. The lowest BCUT2D eigenvalue weighted by Crippen LogP contribution is -2.51. The number of aryl methyl sites for hydroxylation is 1. The number of hydrogen-bond donors (Lipinski definition) is 2. The number of aliphatic hydroxyl groups excluding tert-OH is 1. The van der Waals surface area contributed by atoms with E-state index in [0.717, 1.165) is 24.0 Å². The van der Waals surface area contributed by atoms with Crippen LogP contribution in [0.1, 0.15) is 24.3 Å². The average Bonchev–Trinajstić information content (AvgIpc) is 3.03. The number of rotatable bonds is 5. The van der Waals surface area contributed by atoms with E-state index in [-0.39, 0.29) is 12.1 Å². The van der Waals surface area contributed by atoms with E-state index in [1.54, 1.807) is 0 Å². The van der Waals surface area contributed by atoms with Crippen LogP contribution < -0.4 is 5.32 Å². The van der Waals surface area contributed by atoms with Gasteiger partial charge in [-0.2, -0.15) is 4.98 Å². The lowest BCUT2D eigenvalue weighted by molar-refractivity contribution is 0.0100. The second-order valence-electron chi connectivity index (χ2n) is 5.79. The zero-order valence-electron chi connectivity index (χ0n) is 12.7. The van der Waals surface area contributed by atoms with Crippen molar-refractivity contribution in [1.29, 1.82) is 0 Å². The lowest BCUT2D eigenvalue weighted by atomic mass is 9.91. The maximum atomic E-state index is 9.65. The second kappa shape index (κ2) is 6.56. The predicted octanol–water partition coefficient (Wildman–Crippen LogP) is 1.68. The van der Waals surface area contributed by atoms with Crippen molar-refractivity contribution in [2.75, 3.05) is 19.8 Å². The van der Waals surface area contributed by atoms with Crippen LogP contribution in [0, 0.1) is 6.92 Å². The molecule has 1 fully saturated rings. The molecule has 1 aromatic carbocycles. The SMILES string of the molecule is Cc1cccc(-c2noc(CNC3(CO)CCOCC3)n2)c1. The van der Waals surface area contributed by atoms with E-state index >= 15 is 0 Å². The number of aliphatic hydroxyl groups is 1. The Kier molecular flexibility index (Phi) is 4.52. The van der Waals surface area contributed by atoms with Gasteiger partial charge in [-0.1, -0.05) is 28.9 Å². The molecule has 2 aromatic rings. The monoisotopic (exact) mass is 303 g/mol. The number of ether oxygens (including phenoxy) is 1. The van der Waals surface area contributed by atoms with Gasteiger partial charge < -0.3 is 19.7 Å². The van der Waals surface area contributed by atoms with Crippen molar-refractivity contribution in [2.45, 2.75) is 31.8 Å². The van der Waals surface area contributed by atoms with Gasteiger partial charge in [0.05, 0.1) is 13.2 Å². The van der Waals surface area contributed by atoms with Crippen molar-refractivity contribution in [1.82, 2.24) is 15.5 Å². The van der Waals surface area contributed by atoms with E-state index < -0.39 is 0 Å². The van der Waals surface area contributed by atoms with Crippen molar-refractivity contribution in [2.24, 2.45) is 0 Å². The molecule has 0 unspecified atom stereocenters. The van der Waals surface area contributed by atoms with Crippen LogP contribution in [0.3, 0.4) is 0 Å². The number of nitrogens with zero attached hydrogens (tertiary/aromatic N) is 2. The average molecular weight is 303 g/mol. The van der Waals surface area contributed by atoms with Crippen LogP contribution in [-0.2, 0) is 11.3 Å². The Morgan fingerprint density at radius 1 is 1.32 bits per heavy atom. The molecule has 2 N–H and O–H groups in total. The van der Waals surface area contributed by atoms with Gasteiger partial charge in [0.25, 0.3) is 0 Å². The van der Waals surface area contributed by atoms with Crippen LogP contribution in [0.2, 0.25) is 0 Å². The summed E-state index contributed by atoms with van der Waals surface area (Å²) in [6.07, 6.45) is 1.56. The molecule has 1 saturated heterocycles. The van der Waals surface area contributed by atoms with Crippen LogP contribution in [0.4, 0.5) is 0 Å². The van der Waals surface area contributed by atoms with Crippen molar-refractivity contribution >= 4 is 0 Å². The van der Waals surface area contributed by atoms with E-state index in [1.165, 1.54) is 0 Å². The normalized spacial score (nSPS) is 17.5. The summed E-state index contributed by atoms with van der Waals surface area (Å²) in [7, 11) is 0. The van der Waals surface area contributed by atoms with Gasteiger partial charge in [-0.15, -0.1) is 0 Å². The molecule has 0 bridgehead atoms. The second-order valence-corrected chi connectivity index (χ2v) is 5.79. The maximum Gasteiger partial charge on any atom is 0.240 e. The fraction of sp³-hybridized carbons (Fsp3) is 0.500. The number of aromatic nitrogens is 2. The highest BCUT2D eigenvalue weighted by molar-refractivity contribution is 5.55. The molecule has 0 amide bonds. The highest BCUT2D eigenvalue weighted by Gasteiger charge is 2.31. The Morgan fingerprint density at radius 3 is 2.86 bits per heavy atom. The molecule has 0 aliphatic carbocycles. The van der Waals surface area contributed by atoms with Gasteiger partial charge in [-0.05, 0) is 25.8 Å². The standard InChI is InChI=1S/C16H21N3O3/c1-12-3-2-4-13(9-12)15-18-14(22-19-15)10-17-16(11-20)5-7-21-8-6-16/h2-4,9,17,20H,5-8,10-11H2,1H3. The maximum absolute atomic E-state index is 9.65. The van der Waals surface area contributed by atoms with Crippen molar-refractivity contribution in [3.05, 3.63) is 35.7 Å². The Labute approximate surface area is 129 Å². The molecule has 22 heavy (non-hydrogen) atoms. The Hall–Kier alpha value is -1.76. The third-order valence-electron chi connectivity index (χ3n) is 4.11. The lowest BCUT2D eigenvalue weighted by Gasteiger charge is -2.36. The molecule has 1 aromatic heterocycles. The number of nitrogens with one attached hydrogen (secondary N) is 1. The quantitative estimate of drug-likeness (QED) is 0.874. The molecule has 2 heterocycles. The Balaban J connectivity index is 1.67. The first-order valence-electron chi connectivity index (χ1n) is 7.54. The number of hydrogen-bond acceptors (Lipinski definition) is 6. The highest BCUT2D eigenvalue weighted by atomic mass is 16.5. The van der Waals surface area contributed by atoms with E-state index in [9.17, 15) is 5.11 Å². The van der Waals surface area contributed by atoms with E-state index in [2.05, 4.69) is 15.5 Å². The van der Waals surface area contributed by atoms with E-state index in [0.29, 0.717) is 31.5 Å². The Morgan fingerprint density at radius 2 is 2.14 bits per heavy atom. The molecule has 118 valence electrons. The summed E-state index contributed by atoms with van der Waals surface area (Å²) in [5.74, 6) is 1.11. The van der Waals surface area contributed by atoms with Gasteiger partial charge in [0, 0.05) is 24.3 Å². The summed E-state index contributed by atoms with van der Waals surface area (Å²) in [4.78, 5) is 4.42. The molecule has 0 saturated carbocycles. The third-order valence-corrected chi connectivity index (χ3v) is 4.11. The zero-order chi connectivity index (χ0) is 15.4. The fourth-order valence-corrected chi connectivity index (χ4v) is 2.64. The van der Waals surface area contributed by atoms with Crippen molar-refractivity contribution in [3.8, 4) is 11.4 Å². The van der Waals surface area contributed by atoms with Crippen LogP contribution in [0.5, 0.6) is 0 Å². The van der Waals surface area contributed by atoms with Crippen molar-refractivity contribution < 1.29 is 14.4 Å². The first kappa shape index (κ1) is 15.1. The van der Waals surface area contributed by atoms with E-state index in [1.807, 2.05) is 31.2 Å². The van der Waals surface area contributed by atoms with Gasteiger partial charge in [0.1, 0.15) is 0 Å². The molecule has 6 nitrogen and oxygen atoms in total. The van der Waals surface area contributed by atoms with Crippen LogP contribution in [0.25, 0.3) is 11.4 Å². The van der Waals surface area contributed by atoms with Crippen LogP contribution in [-0.4, -0.2) is 40.6 Å². The van der Waals surface area contributed by atoms with Gasteiger partial charge in [-0.3, -0.25) is 0 Å². The highest BCUT2D eigenvalue weighted by Crippen LogP contribution is 2.21. The van der Waals surface area contributed by atoms with Gasteiger partial charge in [0.2, 0.25) is 11.7 Å². The molecular formula is C16H21N3O3. The van der Waals surface area contributed by atoms with Crippen molar-refractivity contribution in [3.63, 3.8) is 0 Å². The molecule has 1 aliphatic heterocycles. The van der Waals surface area contributed by atoms with Gasteiger partial charge in [-0.25, -0.2) is 0 Å². The van der Waals surface area contributed by atoms with Gasteiger partial charge >= 0.3 is 0 Å². The fourth-order valence-electron chi connectivity index (χ4n) is 2.64. The van der Waals surface area contributed by atoms with Crippen LogP contribution in [0.15, 0.2) is 28.8 Å². The zero-order valence-corrected chi connectivity index (χ0v) is 12.7. The number of benzene rings is 1. The molecule has 0 atom stereocenters. The summed E-state index contributed by atoms with van der Waals surface area (Å²) < 4.78 is 10.7. The molecule has 6 heteroatoms. The Bertz CT molecular complexity index is 621. The summed E-state index contributed by atoms with van der Waals surface area (Å²) >= 11 is 0. The van der Waals surface area contributed by atoms with Gasteiger partial charge in [0.15, 0.2) is 0 Å². The first-order valence-corrected chi connectivity index (χ1v) is 7.54. The molecule has 3 rings (SSSR count). The topological polar surface area (TPSA) is 80.4 Å². The molecule has 0 spiro atoms.